The Morgan fingerprint density at radius 3 is 1.90 bits per heavy atom. The van der Waals surface area contributed by atoms with Gasteiger partial charge in [0.05, 0.1) is 0 Å². The van der Waals surface area contributed by atoms with Gasteiger partial charge in [0.25, 0.3) is 0 Å². The molecule has 0 saturated carbocycles. The standard InChI is InChI=1S/C34H57NO3Si/c1-4-7-28-39(29-8-5-2,30-9-6-3)38-27-23-18-16-14-12-10-11-13-15-17-22-26-35-33(31-37-34(35)36)32-24-20-19-21-25-32/h19-21,24-25,33H,4-18,23,27-31H2,1-3H3/t33-/m0/s1. The summed E-state index contributed by atoms with van der Waals surface area (Å²) in [6, 6.07) is 17.1. The highest BCUT2D eigenvalue weighted by atomic mass is 28.4. The van der Waals surface area contributed by atoms with Crippen LogP contribution in [-0.2, 0) is 9.16 Å². The molecule has 1 aliphatic heterocycles. The summed E-state index contributed by atoms with van der Waals surface area (Å²) in [4.78, 5) is 13.6. The molecule has 0 spiro atoms. The minimum atomic E-state index is -1.52. The van der Waals surface area contributed by atoms with E-state index in [0.29, 0.717) is 6.61 Å². The fourth-order valence-electron chi connectivity index (χ4n) is 5.54. The molecule has 1 aromatic rings. The highest BCUT2D eigenvalue weighted by molar-refractivity contribution is 6.73. The first-order valence-electron chi connectivity index (χ1n) is 16.3. The SMILES string of the molecule is CCCC[Si](CCCC)(CCCC)OCCCCCCCCCCCC#CN1C(=O)OC[C@H]1c1ccccc1. The number of nitrogens with zero attached hydrogens (tertiary/aromatic N) is 1. The van der Waals surface area contributed by atoms with Crippen molar-refractivity contribution in [3.05, 3.63) is 35.9 Å². The van der Waals surface area contributed by atoms with Gasteiger partial charge < -0.3 is 9.16 Å². The molecule has 0 radical (unpaired) electrons. The second-order valence-corrected chi connectivity index (χ2v) is 15.6. The molecular weight excluding hydrogens is 498 g/mol. The lowest BCUT2D eigenvalue weighted by molar-refractivity contribution is 0.167. The van der Waals surface area contributed by atoms with Crippen molar-refractivity contribution in [2.45, 2.75) is 148 Å². The Bertz CT molecular complexity index is 797. The van der Waals surface area contributed by atoms with Crippen LogP contribution in [0.2, 0.25) is 18.1 Å². The third-order valence-electron chi connectivity index (χ3n) is 8.07. The number of rotatable bonds is 22. The lowest BCUT2D eigenvalue weighted by Crippen LogP contribution is -2.38. The number of ether oxygens (including phenoxy) is 1. The van der Waals surface area contributed by atoms with Crippen LogP contribution in [0.3, 0.4) is 0 Å². The third-order valence-corrected chi connectivity index (χ3v) is 12.7. The van der Waals surface area contributed by atoms with Crippen LogP contribution in [-0.4, -0.2) is 32.5 Å². The maximum atomic E-state index is 12.1. The molecule has 0 aromatic heterocycles. The van der Waals surface area contributed by atoms with Crippen molar-refractivity contribution in [3.8, 4) is 12.0 Å². The Morgan fingerprint density at radius 1 is 0.795 bits per heavy atom. The van der Waals surface area contributed by atoms with E-state index >= 15 is 0 Å². The van der Waals surface area contributed by atoms with Crippen LogP contribution in [0.5, 0.6) is 0 Å². The first-order chi connectivity index (χ1) is 19.2. The number of hydrogen-bond donors (Lipinski definition) is 0. The van der Waals surface area contributed by atoms with Gasteiger partial charge >= 0.3 is 6.09 Å². The maximum Gasteiger partial charge on any atom is 0.422 e. The molecule has 1 fully saturated rings. The topological polar surface area (TPSA) is 38.8 Å². The summed E-state index contributed by atoms with van der Waals surface area (Å²) in [6.45, 7) is 8.35. The number of carbonyl (C=O) groups excluding carboxylic acids is 1. The summed E-state index contributed by atoms with van der Waals surface area (Å²) in [5, 5.41) is 0. The predicted molar refractivity (Wildman–Crippen MR) is 167 cm³/mol. The highest BCUT2D eigenvalue weighted by Gasteiger charge is 2.33. The lowest BCUT2D eigenvalue weighted by atomic mass is 10.1. The number of amides is 1. The molecule has 0 N–H and O–H groups in total. The second kappa shape index (κ2) is 21.0. The van der Waals surface area contributed by atoms with Crippen molar-refractivity contribution in [2.75, 3.05) is 13.2 Å². The summed E-state index contributed by atoms with van der Waals surface area (Å²) in [5.41, 5.74) is 1.08. The highest BCUT2D eigenvalue weighted by Crippen LogP contribution is 2.30. The molecule has 0 aliphatic carbocycles. The number of benzene rings is 1. The van der Waals surface area contributed by atoms with Crippen LogP contribution in [0, 0.1) is 12.0 Å². The number of unbranched alkanes of at least 4 members (excludes halogenated alkanes) is 12. The molecular formula is C34H57NO3Si. The van der Waals surface area contributed by atoms with E-state index in [-0.39, 0.29) is 12.1 Å². The van der Waals surface area contributed by atoms with Gasteiger partial charge in [0.1, 0.15) is 12.6 Å². The van der Waals surface area contributed by atoms with E-state index in [9.17, 15) is 4.79 Å². The van der Waals surface area contributed by atoms with Gasteiger partial charge in [-0.05, 0) is 36.5 Å². The van der Waals surface area contributed by atoms with Crippen LogP contribution < -0.4 is 0 Å². The van der Waals surface area contributed by atoms with Crippen molar-refractivity contribution < 1.29 is 14.0 Å². The van der Waals surface area contributed by atoms with E-state index in [1.54, 1.807) is 4.90 Å². The maximum absolute atomic E-state index is 12.1. The summed E-state index contributed by atoms with van der Waals surface area (Å²) < 4.78 is 12.0. The summed E-state index contributed by atoms with van der Waals surface area (Å²) in [6.07, 6.45) is 20.0. The second-order valence-electron chi connectivity index (χ2n) is 11.4. The monoisotopic (exact) mass is 555 g/mol. The molecule has 1 heterocycles. The molecule has 4 nitrogen and oxygen atoms in total. The summed E-state index contributed by atoms with van der Waals surface area (Å²) in [7, 11) is -1.52. The van der Waals surface area contributed by atoms with E-state index in [1.165, 1.54) is 108 Å². The van der Waals surface area contributed by atoms with Crippen molar-refractivity contribution >= 4 is 14.4 Å². The lowest BCUT2D eigenvalue weighted by Gasteiger charge is -2.32. The third kappa shape index (κ3) is 13.4. The molecule has 0 unspecified atom stereocenters. The first kappa shape index (κ1) is 33.4. The van der Waals surface area contributed by atoms with Crippen molar-refractivity contribution in [2.24, 2.45) is 0 Å². The van der Waals surface area contributed by atoms with E-state index < -0.39 is 8.32 Å². The van der Waals surface area contributed by atoms with Crippen LogP contribution in [0.25, 0.3) is 0 Å². The van der Waals surface area contributed by atoms with Gasteiger partial charge in [0, 0.05) is 19.1 Å². The molecule has 39 heavy (non-hydrogen) atoms. The zero-order valence-corrected chi connectivity index (χ0v) is 26.5. The molecule has 1 aromatic carbocycles. The molecule has 5 heteroatoms. The predicted octanol–water partition coefficient (Wildman–Crippen LogP) is 10.4. The summed E-state index contributed by atoms with van der Waals surface area (Å²) in [5.74, 6) is 3.20. The first-order valence-corrected chi connectivity index (χ1v) is 18.8. The largest absolute Gasteiger partial charge is 0.446 e. The quantitative estimate of drug-likeness (QED) is 0.0811. The molecule has 0 bridgehead atoms. The van der Waals surface area contributed by atoms with Gasteiger partial charge in [-0.1, -0.05) is 140 Å². The average Bonchev–Trinajstić information content (AvgIpc) is 3.34. The van der Waals surface area contributed by atoms with Crippen molar-refractivity contribution in [3.63, 3.8) is 0 Å². The Labute approximate surface area is 241 Å². The molecule has 220 valence electrons. The average molecular weight is 556 g/mol. The van der Waals surface area contributed by atoms with Gasteiger partial charge in [0.2, 0.25) is 0 Å². The van der Waals surface area contributed by atoms with E-state index in [4.69, 9.17) is 9.16 Å². The zero-order chi connectivity index (χ0) is 28.0. The minimum Gasteiger partial charge on any atom is -0.446 e. The zero-order valence-electron chi connectivity index (χ0n) is 25.5. The van der Waals surface area contributed by atoms with Gasteiger partial charge in [-0.25, -0.2) is 9.69 Å². The van der Waals surface area contributed by atoms with Crippen molar-refractivity contribution in [1.29, 1.82) is 0 Å². The Hall–Kier alpha value is -1.77. The fourth-order valence-corrected chi connectivity index (χ4v) is 10.3. The number of carbonyl (C=O) groups is 1. The van der Waals surface area contributed by atoms with Gasteiger partial charge in [0.15, 0.2) is 8.32 Å². The van der Waals surface area contributed by atoms with Crippen LogP contribution in [0.4, 0.5) is 4.79 Å². The number of cyclic esters (lactones) is 1. The smallest absolute Gasteiger partial charge is 0.422 e. The minimum absolute atomic E-state index is 0.0921. The van der Waals surface area contributed by atoms with Crippen LogP contribution >= 0.6 is 0 Å². The number of hydrogen-bond acceptors (Lipinski definition) is 3. The van der Waals surface area contributed by atoms with Crippen molar-refractivity contribution in [1.82, 2.24) is 4.90 Å². The fraction of sp³-hybridized carbons (Fsp3) is 0.735. The van der Waals surface area contributed by atoms with Gasteiger partial charge in [-0.2, -0.15) is 0 Å². The normalized spacial score (nSPS) is 15.3. The Morgan fingerprint density at radius 2 is 1.33 bits per heavy atom. The molecule has 2 rings (SSSR count). The molecule has 1 aliphatic rings. The van der Waals surface area contributed by atoms with E-state index in [1.807, 2.05) is 30.3 Å². The molecule has 1 atom stereocenters. The molecule has 1 amide bonds. The van der Waals surface area contributed by atoms with Crippen LogP contribution in [0.15, 0.2) is 30.3 Å². The van der Waals surface area contributed by atoms with Crippen LogP contribution in [0.1, 0.15) is 135 Å². The Kier molecular flexibility index (Phi) is 18.0. The molecule has 1 saturated heterocycles. The van der Waals surface area contributed by atoms with Gasteiger partial charge in [-0.15, -0.1) is 0 Å². The van der Waals surface area contributed by atoms with E-state index in [2.05, 4.69) is 32.7 Å². The summed E-state index contributed by atoms with van der Waals surface area (Å²) >= 11 is 0. The Balaban J connectivity index is 1.51. The van der Waals surface area contributed by atoms with Gasteiger partial charge in [-0.3, -0.25) is 0 Å². The van der Waals surface area contributed by atoms with E-state index in [0.717, 1.165) is 25.0 Å².